The molecule has 0 saturated heterocycles. The lowest BCUT2D eigenvalue weighted by Gasteiger charge is -2.22. The van der Waals surface area contributed by atoms with Gasteiger partial charge in [-0.2, -0.15) is 0 Å². The van der Waals surface area contributed by atoms with Crippen LogP contribution in [-0.2, 0) is 4.79 Å². The highest BCUT2D eigenvalue weighted by atomic mass is 32.1. The van der Waals surface area contributed by atoms with Crippen molar-refractivity contribution in [2.75, 3.05) is 6.54 Å². The van der Waals surface area contributed by atoms with Gasteiger partial charge >= 0.3 is 0 Å². The van der Waals surface area contributed by atoms with E-state index in [1.54, 1.807) is 11.3 Å². The van der Waals surface area contributed by atoms with Crippen LogP contribution in [0.2, 0.25) is 0 Å². The van der Waals surface area contributed by atoms with Gasteiger partial charge in [0.2, 0.25) is 5.91 Å². The van der Waals surface area contributed by atoms with Crippen LogP contribution in [-0.4, -0.2) is 18.5 Å². The Kier molecular flexibility index (Phi) is 7.10. The number of carbonyl (C=O) groups excluding carboxylic acids is 1. The second-order valence-electron chi connectivity index (χ2n) is 5.20. The van der Waals surface area contributed by atoms with Crippen LogP contribution in [0.3, 0.4) is 0 Å². The Morgan fingerprint density at radius 3 is 2.47 bits per heavy atom. The number of hydrogen-bond acceptors (Lipinski definition) is 3. The van der Waals surface area contributed by atoms with Crippen LogP contribution < -0.4 is 10.6 Å². The Bertz CT molecular complexity index is 358. The lowest BCUT2D eigenvalue weighted by atomic mass is 10.0. The van der Waals surface area contributed by atoms with Crippen molar-refractivity contribution in [2.45, 2.75) is 52.6 Å². The summed E-state index contributed by atoms with van der Waals surface area (Å²) in [4.78, 5) is 13.2. The summed E-state index contributed by atoms with van der Waals surface area (Å²) in [7, 11) is 0. The van der Waals surface area contributed by atoms with Gasteiger partial charge in [0.05, 0.1) is 6.54 Å². The first-order valence-electron chi connectivity index (χ1n) is 7.14. The molecule has 1 rings (SSSR count). The fourth-order valence-corrected chi connectivity index (χ4v) is 3.08. The number of nitrogens with one attached hydrogen (secondary N) is 2. The average Bonchev–Trinajstić information content (AvgIpc) is 2.89. The van der Waals surface area contributed by atoms with Gasteiger partial charge < -0.3 is 10.6 Å². The van der Waals surface area contributed by atoms with Crippen LogP contribution in [0.25, 0.3) is 0 Å². The minimum Gasteiger partial charge on any atom is -0.352 e. The Morgan fingerprint density at radius 1 is 1.32 bits per heavy atom. The van der Waals surface area contributed by atoms with E-state index in [1.165, 1.54) is 4.88 Å². The molecule has 0 aliphatic heterocycles. The zero-order valence-electron chi connectivity index (χ0n) is 12.4. The number of hydrogen-bond donors (Lipinski definition) is 2. The van der Waals surface area contributed by atoms with Crippen molar-refractivity contribution < 1.29 is 4.79 Å². The number of thiophene rings is 1. The first-order valence-corrected chi connectivity index (χ1v) is 8.02. The van der Waals surface area contributed by atoms with Gasteiger partial charge in [-0.25, -0.2) is 0 Å². The molecule has 1 unspecified atom stereocenters. The van der Waals surface area contributed by atoms with Crippen LogP contribution in [0.15, 0.2) is 17.5 Å². The molecule has 0 aromatic carbocycles. The molecule has 0 aliphatic rings. The number of carbonyl (C=O) groups is 1. The molecule has 1 atom stereocenters. The SMILES string of the molecule is CCC(CC)NC(=O)CNC(c1cccs1)C(C)C. The maximum atomic E-state index is 11.9. The van der Waals surface area contributed by atoms with Crippen molar-refractivity contribution >= 4 is 17.2 Å². The molecule has 1 aromatic heterocycles. The van der Waals surface area contributed by atoms with E-state index in [4.69, 9.17) is 0 Å². The molecule has 1 heterocycles. The summed E-state index contributed by atoms with van der Waals surface area (Å²) in [5, 5.41) is 8.51. The van der Waals surface area contributed by atoms with Crippen LogP contribution in [0.5, 0.6) is 0 Å². The average molecular weight is 282 g/mol. The Balaban J connectivity index is 2.47. The van der Waals surface area contributed by atoms with Gasteiger partial charge in [0.25, 0.3) is 0 Å². The predicted molar refractivity (Wildman–Crippen MR) is 82.4 cm³/mol. The van der Waals surface area contributed by atoms with Gasteiger partial charge in [-0.15, -0.1) is 11.3 Å². The third-order valence-corrected chi connectivity index (χ3v) is 4.31. The smallest absolute Gasteiger partial charge is 0.234 e. The lowest BCUT2D eigenvalue weighted by molar-refractivity contribution is -0.121. The molecular formula is C15H26N2OS. The van der Waals surface area contributed by atoms with E-state index in [2.05, 4.69) is 55.8 Å². The van der Waals surface area contributed by atoms with Gasteiger partial charge in [0, 0.05) is 17.0 Å². The normalized spacial score (nSPS) is 12.9. The summed E-state index contributed by atoms with van der Waals surface area (Å²) in [6.45, 7) is 8.94. The maximum absolute atomic E-state index is 11.9. The summed E-state index contributed by atoms with van der Waals surface area (Å²) in [5.74, 6) is 0.565. The quantitative estimate of drug-likeness (QED) is 0.768. The number of amides is 1. The molecule has 3 nitrogen and oxygen atoms in total. The molecule has 1 aromatic rings. The molecule has 2 N–H and O–H groups in total. The van der Waals surface area contributed by atoms with E-state index in [-0.39, 0.29) is 11.9 Å². The van der Waals surface area contributed by atoms with E-state index < -0.39 is 0 Å². The summed E-state index contributed by atoms with van der Waals surface area (Å²) in [5.41, 5.74) is 0. The summed E-state index contributed by atoms with van der Waals surface area (Å²) < 4.78 is 0. The van der Waals surface area contributed by atoms with Crippen LogP contribution >= 0.6 is 11.3 Å². The molecule has 1 amide bonds. The Hall–Kier alpha value is -0.870. The monoisotopic (exact) mass is 282 g/mol. The minimum atomic E-state index is 0.0934. The fraction of sp³-hybridized carbons (Fsp3) is 0.667. The summed E-state index contributed by atoms with van der Waals surface area (Å²) in [6, 6.07) is 4.74. The van der Waals surface area contributed by atoms with E-state index in [9.17, 15) is 4.79 Å². The van der Waals surface area contributed by atoms with Crippen molar-refractivity contribution in [3.63, 3.8) is 0 Å². The first-order chi connectivity index (χ1) is 9.08. The summed E-state index contributed by atoms with van der Waals surface area (Å²) in [6.07, 6.45) is 1.97. The third-order valence-electron chi connectivity index (χ3n) is 3.35. The fourth-order valence-electron chi connectivity index (χ4n) is 2.11. The topological polar surface area (TPSA) is 41.1 Å². The second-order valence-corrected chi connectivity index (χ2v) is 6.18. The van der Waals surface area contributed by atoms with Crippen molar-refractivity contribution in [3.05, 3.63) is 22.4 Å². The molecule has 108 valence electrons. The molecule has 0 fully saturated rings. The van der Waals surface area contributed by atoms with E-state index in [0.717, 1.165) is 12.8 Å². The van der Waals surface area contributed by atoms with Crippen molar-refractivity contribution in [1.29, 1.82) is 0 Å². The first kappa shape index (κ1) is 16.2. The molecule has 0 saturated carbocycles. The highest BCUT2D eigenvalue weighted by molar-refractivity contribution is 7.10. The van der Waals surface area contributed by atoms with Gasteiger partial charge in [0.1, 0.15) is 0 Å². The van der Waals surface area contributed by atoms with E-state index in [1.807, 2.05) is 0 Å². The second kappa shape index (κ2) is 8.33. The van der Waals surface area contributed by atoms with E-state index in [0.29, 0.717) is 18.5 Å². The van der Waals surface area contributed by atoms with Crippen molar-refractivity contribution in [2.24, 2.45) is 5.92 Å². The van der Waals surface area contributed by atoms with Gasteiger partial charge in [-0.1, -0.05) is 33.8 Å². The molecular weight excluding hydrogens is 256 g/mol. The maximum Gasteiger partial charge on any atom is 0.234 e. The Morgan fingerprint density at radius 2 is 2.00 bits per heavy atom. The van der Waals surface area contributed by atoms with Crippen LogP contribution in [0, 0.1) is 5.92 Å². The van der Waals surface area contributed by atoms with Crippen LogP contribution in [0.1, 0.15) is 51.5 Å². The highest BCUT2D eigenvalue weighted by Gasteiger charge is 2.17. The summed E-state index contributed by atoms with van der Waals surface area (Å²) >= 11 is 1.74. The van der Waals surface area contributed by atoms with Gasteiger partial charge in [-0.3, -0.25) is 4.79 Å². The Labute approximate surface area is 120 Å². The molecule has 4 heteroatoms. The molecule has 0 bridgehead atoms. The van der Waals surface area contributed by atoms with Crippen molar-refractivity contribution in [3.8, 4) is 0 Å². The molecule has 0 radical (unpaired) electrons. The predicted octanol–water partition coefficient (Wildman–Crippen LogP) is 3.34. The zero-order valence-corrected chi connectivity index (χ0v) is 13.2. The largest absolute Gasteiger partial charge is 0.352 e. The molecule has 19 heavy (non-hydrogen) atoms. The minimum absolute atomic E-state index is 0.0934. The zero-order chi connectivity index (χ0) is 14.3. The molecule has 0 aliphatic carbocycles. The van der Waals surface area contributed by atoms with Gasteiger partial charge in [0.15, 0.2) is 0 Å². The van der Waals surface area contributed by atoms with Crippen LogP contribution in [0.4, 0.5) is 0 Å². The lowest BCUT2D eigenvalue weighted by Crippen LogP contribution is -2.41. The number of rotatable bonds is 8. The third kappa shape index (κ3) is 5.33. The van der Waals surface area contributed by atoms with Crippen molar-refractivity contribution in [1.82, 2.24) is 10.6 Å². The highest BCUT2D eigenvalue weighted by Crippen LogP contribution is 2.25. The van der Waals surface area contributed by atoms with Gasteiger partial charge in [-0.05, 0) is 30.2 Å². The van der Waals surface area contributed by atoms with E-state index >= 15 is 0 Å². The molecule has 0 spiro atoms. The standard InChI is InChI=1S/C15H26N2OS/c1-5-12(6-2)17-14(18)10-16-15(11(3)4)13-8-7-9-19-13/h7-9,11-12,15-16H,5-6,10H2,1-4H3,(H,17,18).